The Kier molecular flexibility index (Phi) is 17.1. The molecule has 0 saturated carbocycles. The van der Waals surface area contributed by atoms with E-state index in [4.69, 9.17) is 24.7 Å². The summed E-state index contributed by atoms with van der Waals surface area (Å²) >= 11 is 0. The normalized spacial score (nSPS) is 13.3. The molecule has 0 atom stereocenters. The van der Waals surface area contributed by atoms with Gasteiger partial charge in [-0.1, -0.05) is 27.0 Å². The first-order chi connectivity index (χ1) is 31.5. The van der Waals surface area contributed by atoms with Crippen LogP contribution in [0.1, 0.15) is 83.4 Å². The average Bonchev–Trinajstić information content (AvgIpc) is 4.00. The zero-order valence-corrected chi connectivity index (χ0v) is 38.7. The molecule has 354 valence electrons. The number of aryl methyl sites for hydroxylation is 2. The number of nitro groups is 1. The quantitative estimate of drug-likeness (QED) is 0.0222. The minimum Gasteiger partial charge on any atom is -0.491 e. The van der Waals surface area contributed by atoms with Gasteiger partial charge < -0.3 is 44.1 Å². The second-order valence-corrected chi connectivity index (χ2v) is 16.9. The molecule has 1 aliphatic heterocycles. The van der Waals surface area contributed by atoms with Crippen LogP contribution < -0.4 is 25.7 Å². The number of ether oxygens (including phenoxy) is 4. The summed E-state index contributed by atoms with van der Waals surface area (Å²) in [6, 6.07) is 20.4. The number of H-pyrrole nitrogens is 2. The van der Waals surface area contributed by atoms with Crippen LogP contribution in [0.4, 0.5) is 11.5 Å². The minimum atomic E-state index is -0.548. The summed E-state index contributed by atoms with van der Waals surface area (Å²) in [6.45, 7) is 17.6. The third-order valence-electron chi connectivity index (χ3n) is 10.9. The Morgan fingerprint density at radius 3 is 2.42 bits per heavy atom. The van der Waals surface area contributed by atoms with Gasteiger partial charge in [-0.15, -0.1) is 0 Å². The van der Waals surface area contributed by atoms with Crippen molar-refractivity contribution in [3.05, 3.63) is 159 Å². The third-order valence-corrected chi connectivity index (χ3v) is 10.9. The summed E-state index contributed by atoms with van der Waals surface area (Å²) in [5.41, 5.74) is 12.5. The first kappa shape index (κ1) is 50.6. The highest BCUT2D eigenvalue weighted by Crippen LogP contribution is 2.38. The van der Waals surface area contributed by atoms with Crippen LogP contribution >= 0.6 is 0 Å². The summed E-state index contributed by atoms with van der Waals surface area (Å²) in [4.78, 5) is 48.2. The smallest absolute Gasteiger partial charge is 0.340 e. The lowest BCUT2D eigenvalue weighted by Gasteiger charge is -2.32. The van der Waals surface area contributed by atoms with Gasteiger partial charge in [-0.2, -0.15) is 0 Å². The molecule has 0 amide bonds. The van der Waals surface area contributed by atoms with E-state index in [1.165, 1.54) is 6.08 Å². The molecule has 0 aliphatic carbocycles. The number of esters is 1. The molecule has 7 rings (SSSR count). The molecular formula is C52H63N7O8. The van der Waals surface area contributed by atoms with Crippen LogP contribution in [-0.4, -0.2) is 68.4 Å². The van der Waals surface area contributed by atoms with Crippen LogP contribution in [0.15, 0.2) is 126 Å². The number of rotatable bonds is 15. The molecule has 0 unspecified atom stereocenters. The van der Waals surface area contributed by atoms with Gasteiger partial charge in [0.15, 0.2) is 0 Å². The lowest BCUT2D eigenvalue weighted by molar-refractivity contribution is -0.419. The molecule has 1 saturated heterocycles. The number of benzene rings is 2. The van der Waals surface area contributed by atoms with Crippen LogP contribution in [0.3, 0.4) is 0 Å². The predicted octanol–water partition coefficient (Wildman–Crippen LogP) is 10.7. The molecule has 15 heteroatoms. The average molecular weight is 914 g/mol. The van der Waals surface area contributed by atoms with Crippen molar-refractivity contribution in [3.8, 4) is 28.4 Å². The molecule has 6 aromatic rings. The lowest BCUT2D eigenvalue weighted by atomic mass is 9.99. The van der Waals surface area contributed by atoms with E-state index >= 15 is 0 Å². The second kappa shape index (κ2) is 22.7. The number of nitrogens with two attached hydrogens (primary N) is 1. The maximum atomic E-state index is 12.6. The van der Waals surface area contributed by atoms with Gasteiger partial charge in [-0.25, -0.2) is 9.78 Å². The minimum absolute atomic E-state index is 0. The number of anilines is 2. The number of nitrogens with zero attached hydrogens (tertiary/aromatic N) is 4. The summed E-state index contributed by atoms with van der Waals surface area (Å²) in [7, 11) is 1.72. The number of fused-ring (bicyclic) bond motifs is 1. The molecule has 67 heavy (non-hydrogen) atoms. The number of aromatic nitrogens is 4. The SMILES string of the molecule is C.C=C(/C(C)=C/C(=C\C)[N+](=O)[O-])c1cc[nH]c1CC.Cn1cc(-c2cc(N)ccc2Oc2cccc(OCCOC3CCN(c4ccc(C(=O)OC(C)(C)C)cn4)CC3)c2)c2cc[nH]c2c1=O. The van der Waals surface area contributed by atoms with E-state index in [2.05, 4.69) is 33.4 Å². The third kappa shape index (κ3) is 13.1. The van der Waals surface area contributed by atoms with Crippen LogP contribution in [0.5, 0.6) is 17.2 Å². The van der Waals surface area contributed by atoms with Crippen molar-refractivity contribution in [2.45, 2.75) is 79.9 Å². The van der Waals surface area contributed by atoms with Gasteiger partial charge in [0, 0.05) is 90.5 Å². The Morgan fingerprint density at radius 2 is 1.75 bits per heavy atom. The van der Waals surface area contributed by atoms with E-state index in [-0.39, 0.29) is 30.8 Å². The number of allylic oxidation sites excluding steroid dienone is 4. The van der Waals surface area contributed by atoms with Gasteiger partial charge in [0.05, 0.1) is 23.2 Å². The molecule has 4 N–H and O–H groups in total. The first-order valence-corrected chi connectivity index (χ1v) is 21.9. The fourth-order valence-electron chi connectivity index (χ4n) is 7.48. The zero-order chi connectivity index (χ0) is 47.5. The molecule has 5 heterocycles. The number of aromatic amines is 2. The van der Waals surface area contributed by atoms with Gasteiger partial charge in [0.25, 0.3) is 11.3 Å². The maximum absolute atomic E-state index is 12.6. The van der Waals surface area contributed by atoms with Gasteiger partial charge in [-0.05, 0) is 126 Å². The van der Waals surface area contributed by atoms with Crippen LogP contribution in [-0.2, 0) is 22.9 Å². The molecule has 15 nitrogen and oxygen atoms in total. The van der Waals surface area contributed by atoms with Crippen LogP contribution in [0, 0.1) is 10.1 Å². The highest BCUT2D eigenvalue weighted by atomic mass is 16.6. The molecular weight excluding hydrogens is 851 g/mol. The highest BCUT2D eigenvalue weighted by Gasteiger charge is 2.23. The zero-order valence-electron chi connectivity index (χ0n) is 38.7. The summed E-state index contributed by atoms with van der Waals surface area (Å²) in [5.74, 6) is 2.34. The van der Waals surface area contributed by atoms with Crippen LogP contribution in [0.2, 0.25) is 0 Å². The predicted molar refractivity (Wildman–Crippen MR) is 266 cm³/mol. The van der Waals surface area contributed by atoms with Crippen LogP contribution in [0.25, 0.3) is 27.6 Å². The van der Waals surface area contributed by atoms with Gasteiger partial charge in [0.1, 0.15) is 40.8 Å². The van der Waals surface area contributed by atoms with Crippen molar-refractivity contribution in [2.24, 2.45) is 7.05 Å². The number of pyridine rings is 2. The molecule has 2 aromatic carbocycles. The van der Waals surface area contributed by atoms with E-state index in [0.29, 0.717) is 47.2 Å². The number of hydrogen-bond donors (Lipinski definition) is 3. The molecule has 4 aromatic heterocycles. The summed E-state index contributed by atoms with van der Waals surface area (Å²) in [5, 5.41) is 11.5. The first-order valence-electron chi connectivity index (χ1n) is 21.9. The number of carbonyl (C=O) groups is 1. The van der Waals surface area contributed by atoms with E-state index in [1.54, 1.807) is 55.3 Å². The van der Waals surface area contributed by atoms with E-state index < -0.39 is 10.5 Å². The molecule has 1 fully saturated rings. The van der Waals surface area contributed by atoms with E-state index in [0.717, 1.165) is 77.1 Å². The molecule has 0 radical (unpaired) electrons. The van der Waals surface area contributed by atoms with Crippen molar-refractivity contribution < 1.29 is 28.7 Å². The van der Waals surface area contributed by atoms with Crippen molar-refractivity contribution in [1.29, 1.82) is 0 Å². The van der Waals surface area contributed by atoms with Gasteiger partial charge in [-0.3, -0.25) is 14.9 Å². The van der Waals surface area contributed by atoms with E-state index in [1.807, 2.05) is 88.5 Å². The summed E-state index contributed by atoms with van der Waals surface area (Å²) in [6.07, 6.45) is 12.8. The standard InChI is InChI=1S/C37H41N5O6.C14H18N2O2.CH4/c1-37(2,3)48-36(44)24-8-11-33(40-22-24)42-16-13-26(14-17-42)45-18-19-46-27-6-5-7-28(21-27)47-32-10-9-25(38)20-30(32)31-23-41(4)35(43)34-29(31)12-15-39-34;1-5-12(16(17)18)9-10(3)11(4)13-7-8-15-14(13)6-2;/h5-12,15,20-23,26,39H,13-14,16-19,38H2,1-4H3;5,7-9,15H,4,6H2,1-3H3;1H4/b;10-9+,12-5+;. The van der Waals surface area contributed by atoms with Gasteiger partial charge in [0.2, 0.25) is 0 Å². The monoisotopic (exact) mass is 913 g/mol. The number of carbonyl (C=O) groups excluding carboxylic acids is 1. The number of piperidine rings is 1. The Labute approximate surface area is 392 Å². The summed E-state index contributed by atoms with van der Waals surface area (Å²) < 4.78 is 25.5. The van der Waals surface area contributed by atoms with Crippen molar-refractivity contribution >= 4 is 34.0 Å². The fraction of sp³-hybridized carbons (Fsp3) is 0.327. The van der Waals surface area contributed by atoms with Gasteiger partial charge >= 0.3 is 5.97 Å². The highest BCUT2D eigenvalue weighted by molar-refractivity contribution is 5.96. The molecule has 1 aliphatic rings. The van der Waals surface area contributed by atoms with Crippen molar-refractivity contribution in [1.82, 2.24) is 19.5 Å². The Bertz CT molecular complexity index is 2780. The molecule has 0 bridgehead atoms. The molecule has 0 spiro atoms. The fourth-order valence-corrected chi connectivity index (χ4v) is 7.48. The largest absolute Gasteiger partial charge is 0.491 e. The topological polar surface area (TPSA) is 193 Å². The Balaban J connectivity index is 0.000000374. The maximum Gasteiger partial charge on any atom is 0.340 e. The van der Waals surface area contributed by atoms with Crippen molar-refractivity contribution in [2.75, 3.05) is 36.9 Å². The number of nitrogens with one attached hydrogen (secondary N) is 2. The Hall–Kier alpha value is -7.39. The lowest BCUT2D eigenvalue weighted by Crippen LogP contribution is -2.38. The number of hydrogen-bond acceptors (Lipinski definition) is 11. The number of nitrogen functional groups attached to an aromatic ring is 1. The second-order valence-electron chi connectivity index (χ2n) is 16.9. The van der Waals surface area contributed by atoms with E-state index in [9.17, 15) is 19.7 Å². The Morgan fingerprint density at radius 1 is 1.01 bits per heavy atom. The van der Waals surface area contributed by atoms with Crippen molar-refractivity contribution in [3.63, 3.8) is 0 Å².